The Morgan fingerprint density at radius 1 is 1.33 bits per heavy atom. The number of hydrogen-bond donors (Lipinski definition) is 1. The Hall–Kier alpha value is 0.180. The maximum atomic E-state index is 12.6. The first-order valence-electron chi connectivity index (χ1n) is 3.26. The van der Waals surface area contributed by atoms with Crippen LogP contribution in [-0.4, -0.2) is 18.3 Å². The van der Waals surface area contributed by atoms with Crippen LogP contribution in [0.5, 0.6) is 0 Å². The standard InChI is InChI=1S/C6H10FN.ClH/c7-5-3-4-1-2-6(5)8-4;/h4-6,8H,1-3H2;1H/t4-,5+,6+;/m0./s1. The molecule has 0 radical (unpaired) electrons. The van der Waals surface area contributed by atoms with E-state index in [1.807, 2.05) is 0 Å². The largest absolute Gasteiger partial charge is 0.308 e. The summed E-state index contributed by atoms with van der Waals surface area (Å²) >= 11 is 0. The molecule has 1 N–H and O–H groups in total. The van der Waals surface area contributed by atoms with Gasteiger partial charge in [-0.25, -0.2) is 4.39 Å². The highest BCUT2D eigenvalue weighted by Gasteiger charge is 2.38. The number of fused-ring (bicyclic) bond motifs is 2. The fraction of sp³-hybridized carbons (Fsp3) is 1.00. The molecule has 2 aliphatic rings. The Bertz CT molecular complexity index is 107. The number of halogens is 2. The third-order valence-electron chi connectivity index (χ3n) is 2.22. The van der Waals surface area contributed by atoms with E-state index in [4.69, 9.17) is 0 Å². The van der Waals surface area contributed by atoms with Gasteiger partial charge in [0.05, 0.1) is 0 Å². The minimum absolute atomic E-state index is 0. The summed E-state index contributed by atoms with van der Waals surface area (Å²) in [6, 6.07) is 0.745. The summed E-state index contributed by atoms with van der Waals surface area (Å²) in [5, 5.41) is 3.20. The summed E-state index contributed by atoms with van der Waals surface area (Å²) in [7, 11) is 0. The Balaban J connectivity index is 0.000000405. The molecule has 0 amide bonds. The zero-order chi connectivity index (χ0) is 5.56. The van der Waals surface area contributed by atoms with Gasteiger partial charge in [0, 0.05) is 12.1 Å². The van der Waals surface area contributed by atoms with Gasteiger partial charge in [0.25, 0.3) is 0 Å². The van der Waals surface area contributed by atoms with Crippen molar-refractivity contribution in [2.45, 2.75) is 37.5 Å². The van der Waals surface area contributed by atoms with E-state index in [1.165, 1.54) is 6.42 Å². The van der Waals surface area contributed by atoms with E-state index in [0.29, 0.717) is 6.04 Å². The third kappa shape index (κ3) is 1.06. The molecule has 54 valence electrons. The van der Waals surface area contributed by atoms with Crippen molar-refractivity contribution < 1.29 is 4.39 Å². The minimum Gasteiger partial charge on any atom is -0.308 e. The van der Waals surface area contributed by atoms with Gasteiger partial charge >= 0.3 is 0 Å². The molecule has 0 aromatic carbocycles. The lowest BCUT2D eigenvalue weighted by atomic mass is 9.99. The van der Waals surface area contributed by atoms with Crippen LogP contribution in [0.25, 0.3) is 0 Å². The molecule has 3 atom stereocenters. The molecule has 0 aromatic heterocycles. The third-order valence-corrected chi connectivity index (χ3v) is 2.22. The monoisotopic (exact) mass is 151 g/mol. The summed E-state index contributed by atoms with van der Waals surface area (Å²) in [6.07, 6.45) is 2.50. The second-order valence-corrected chi connectivity index (χ2v) is 2.80. The molecule has 0 saturated carbocycles. The summed E-state index contributed by atoms with van der Waals surface area (Å²) in [5.74, 6) is 0. The van der Waals surface area contributed by atoms with Gasteiger partial charge in [0.15, 0.2) is 0 Å². The maximum Gasteiger partial charge on any atom is 0.117 e. The van der Waals surface area contributed by atoms with Crippen LogP contribution in [0.2, 0.25) is 0 Å². The van der Waals surface area contributed by atoms with E-state index < -0.39 is 6.17 Å². The Kier molecular flexibility index (Phi) is 1.97. The summed E-state index contributed by atoms with van der Waals surface area (Å²) in [6.45, 7) is 0. The van der Waals surface area contributed by atoms with Crippen molar-refractivity contribution in [3.8, 4) is 0 Å². The molecule has 2 saturated heterocycles. The lowest BCUT2D eigenvalue weighted by molar-refractivity contribution is 0.277. The van der Waals surface area contributed by atoms with Crippen LogP contribution in [-0.2, 0) is 0 Å². The van der Waals surface area contributed by atoms with Gasteiger partial charge in [-0.1, -0.05) is 0 Å². The highest BCUT2D eigenvalue weighted by molar-refractivity contribution is 5.85. The van der Waals surface area contributed by atoms with Crippen molar-refractivity contribution in [1.29, 1.82) is 0 Å². The first-order valence-corrected chi connectivity index (χ1v) is 3.26. The molecule has 0 aliphatic carbocycles. The van der Waals surface area contributed by atoms with Crippen LogP contribution < -0.4 is 5.32 Å². The first kappa shape index (κ1) is 7.29. The fourth-order valence-corrected chi connectivity index (χ4v) is 1.76. The fourth-order valence-electron chi connectivity index (χ4n) is 1.76. The molecular weight excluding hydrogens is 141 g/mol. The van der Waals surface area contributed by atoms with Gasteiger partial charge in [0.2, 0.25) is 0 Å². The molecule has 2 heterocycles. The zero-order valence-electron chi connectivity index (χ0n) is 5.14. The smallest absolute Gasteiger partial charge is 0.117 e. The van der Waals surface area contributed by atoms with E-state index in [-0.39, 0.29) is 18.4 Å². The zero-order valence-corrected chi connectivity index (χ0v) is 5.96. The number of alkyl halides is 1. The highest BCUT2D eigenvalue weighted by atomic mass is 35.5. The predicted molar refractivity (Wildman–Crippen MR) is 36.7 cm³/mol. The number of nitrogens with one attached hydrogen (secondary N) is 1. The molecule has 0 unspecified atom stereocenters. The predicted octanol–water partition coefficient (Wildman–Crippen LogP) is 1.27. The van der Waals surface area contributed by atoms with Gasteiger partial charge in [0.1, 0.15) is 6.17 Å². The lowest BCUT2D eigenvalue weighted by Crippen LogP contribution is -2.23. The van der Waals surface area contributed by atoms with E-state index in [1.54, 1.807) is 0 Å². The average Bonchev–Trinajstić information content (AvgIpc) is 2.23. The van der Waals surface area contributed by atoms with Crippen LogP contribution in [0.1, 0.15) is 19.3 Å². The van der Waals surface area contributed by atoms with Crippen molar-refractivity contribution in [1.82, 2.24) is 5.32 Å². The minimum atomic E-state index is -0.534. The molecule has 2 aliphatic heterocycles. The summed E-state index contributed by atoms with van der Waals surface area (Å²) < 4.78 is 12.6. The van der Waals surface area contributed by atoms with E-state index in [2.05, 4.69) is 5.32 Å². The van der Waals surface area contributed by atoms with Gasteiger partial charge in [-0.05, 0) is 19.3 Å². The molecule has 1 nitrogen and oxygen atoms in total. The first-order chi connectivity index (χ1) is 3.86. The van der Waals surface area contributed by atoms with Gasteiger partial charge < -0.3 is 5.32 Å². The average molecular weight is 152 g/mol. The molecule has 0 spiro atoms. The van der Waals surface area contributed by atoms with E-state index >= 15 is 0 Å². The molecule has 2 fully saturated rings. The topological polar surface area (TPSA) is 12.0 Å². The second kappa shape index (κ2) is 2.43. The maximum absolute atomic E-state index is 12.6. The van der Waals surface area contributed by atoms with Gasteiger partial charge in [-0.3, -0.25) is 0 Å². The highest BCUT2D eigenvalue weighted by Crippen LogP contribution is 2.29. The normalized spacial score (nSPS) is 47.0. The molecular formula is C6H11ClFN. The number of rotatable bonds is 0. The van der Waals surface area contributed by atoms with Crippen molar-refractivity contribution in [3.63, 3.8) is 0 Å². The quantitative estimate of drug-likeness (QED) is 0.550. The Morgan fingerprint density at radius 2 is 2.11 bits per heavy atom. The Morgan fingerprint density at radius 3 is 2.33 bits per heavy atom. The van der Waals surface area contributed by atoms with Crippen LogP contribution in [0.3, 0.4) is 0 Å². The van der Waals surface area contributed by atoms with Crippen molar-refractivity contribution >= 4 is 12.4 Å². The van der Waals surface area contributed by atoms with Crippen LogP contribution in [0, 0.1) is 0 Å². The van der Waals surface area contributed by atoms with Gasteiger partial charge in [-0.15, -0.1) is 12.4 Å². The second-order valence-electron chi connectivity index (χ2n) is 2.80. The van der Waals surface area contributed by atoms with Crippen molar-refractivity contribution in [3.05, 3.63) is 0 Å². The van der Waals surface area contributed by atoms with Crippen LogP contribution >= 0.6 is 12.4 Å². The van der Waals surface area contributed by atoms with Gasteiger partial charge in [-0.2, -0.15) is 0 Å². The molecule has 0 aromatic rings. The SMILES string of the molecule is Cl.F[C@@H]1C[C@@H]2CC[C@H]1N2. The van der Waals surface area contributed by atoms with Crippen molar-refractivity contribution in [2.24, 2.45) is 0 Å². The Labute approximate surface area is 60.4 Å². The summed E-state index contributed by atoms with van der Waals surface area (Å²) in [5.41, 5.74) is 0. The summed E-state index contributed by atoms with van der Waals surface area (Å²) in [4.78, 5) is 0. The molecule has 9 heavy (non-hydrogen) atoms. The lowest BCUT2D eigenvalue weighted by Gasteiger charge is -2.09. The number of hydrogen-bond acceptors (Lipinski definition) is 1. The molecule has 3 heteroatoms. The molecule has 2 rings (SSSR count). The van der Waals surface area contributed by atoms with E-state index in [9.17, 15) is 4.39 Å². The van der Waals surface area contributed by atoms with E-state index in [0.717, 1.165) is 12.8 Å². The van der Waals surface area contributed by atoms with Crippen LogP contribution in [0.4, 0.5) is 4.39 Å². The van der Waals surface area contributed by atoms with Crippen molar-refractivity contribution in [2.75, 3.05) is 0 Å². The van der Waals surface area contributed by atoms with Crippen LogP contribution in [0.15, 0.2) is 0 Å². The molecule has 2 bridgehead atoms.